The van der Waals surface area contributed by atoms with Gasteiger partial charge in [0.25, 0.3) is 0 Å². The second kappa shape index (κ2) is 10.6. The first-order valence-electron chi connectivity index (χ1n) is 14.0. The Morgan fingerprint density at radius 3 is 2.41 bits per heavy atom. The number of esters is 1. The van der Waals surface area contributed by atoms with Crippen molar-refractivity contribution >= 4 is 35.3 Å². The number of rotatable bonds is 5. The summed E-state index contributed by atoms with van der Waals surface area (Å²) in [4.78, 5) is 43.6. The molecule has 3 atom stereocenters. The van der Waals surface area contributed by atoms with Gasteiger partial charge in [0.05, 0.1) is 50.1 Å². The van der Waals surface area contributed by atoms with Gasteiger partial charge in [-0.05, 0) is 62.2 Å². The fraction of sp³-hybridized carbons (Fsp3) is 0.414. The third kappa shape index (κ3) is 5.04. The van der Waals surface area contributed by atoms with Crippen molar-refractivity contribution in [2.45, 2.75) is 44.5 Å². The SMILES string of the molecule is C[C@H]1COCCN1c1nc(-c2ccc(NC(=O)Nc3ccc4c(c3)COC4=O)cc2)nc(N2C3CCC2COC3)n1. The van der Waals surface area contributed by atoms with E-state index < -0.39 is 6.03 Å². The van der Waals surface area contributed by atoms with Crippen LogP contribution in [-0.2, 0) is 20.8 Å². The van der Waals surface area contributed by atoms with Crippen molar-refractivity contribution in [2.75, 3.05) is 53.4 Å². The maximum atomic E-state index is 12.7. The van der Waals surface area contributed by atoms with E-state index in [2.05, 4.69) is 27.4 Å². The lowest BCUT2D eigenvalue weighted by atomic mass is 10.1. The third-order valence-electron chi connectivity index (χ3n) is 8.05. The average Bonchev–Trinajstić information content (AvgIpc) is 3.47. The third-order valence-corrected chi connectivity index (χ3v) is 8.05. The van der Waals surface area contributed by atoms with Gasteiger partial charge in [0.1, 0.15) is 6.61 Å². The van der Waals surface area contributed by atoms with Crippen LogP contribution in [0.4, 0.5) is 28.1 Å². The van der Waals surface area contributed by atoms with Crippen molar-refractivity contribution in [1.82, 2.24) is 15.0 Å². The van der Waals surface area contributed by atoms with Crippen LogP contribution < -0.4 is 20.4 Å². The molecule has 3 aromatic rings. The van der Waals surface area contributed by atoms with Crippen LogP contribution in [-0.4, -0.2) is 78.1 Å². The summed E-state index contributed by atoms with van der Waals surface area (Å²) in [7, 11) is 0. The van der Waals surface area contributed by atoms with Gasteiger partial charge in [-0.2, -0.15) is 15.0 Å². The summed E-state index contributed by atoms with van der Waals surface area (Å²) in [6.07, 6.45) is 2.13. The molecule has 2 aromatic carbocycles. The minimum Gasteiger partial charge on any atom is -0.457 e. The summed E-state index contributed by atoms with van der Waals surface area (Å²) in [5, 5.41) is 5.66. The predicted octanol–water partition coefficient (Wildman–Crippen LogP) is 3.45. The number of hydrogen-bond acceptors (Lipinski definition) is 10. The topological polar surface area (TPSA) is 131 Å². The maximum Gasteiger partial charge on any atom is 0.338 e. The highest BCUT2D eigenvalue weighted by atomic mass is 16.5. The normalized spacial score (nSPS) is 23.2. The largest absolute Gasteiger partial charge is 0.457 e. The molecular formula is C29H31N7O5. The molecule has 3 saturated heterocycles. The number of cyclic esters (lactones) is 1. The number of carbonyl (C=O) groups is 2. The summed E-state index contributed by atoms with van der Waals surface area (Å²) in [6, 6.07) is 12.8. The van der Waals surface area contributed by atoms with Gasteiger partial charge in [-0.3, -0.25) is 0 Å². The number of aromatic nitrogens is 3. The van der Waals surface area contributed by atoms with Gasteiger partial charge in [-0.1, -0.05) is 0 Å². The molecule has 5 heterocycles. The van der Waals surface area contributed by atoms with Crippen molar-refractivity contribution in [3.05, 3.63) is 53.6 Å². The van der Waals surface area contributed by atoms with Gasteiger partial charge in [0, 0.05) is 29.0 Å². The number of fused-ring (bicyclic) bond motifs is 3. The number of anilines is 4. The van der Waals surface area contributed by atoms with Crippen molar-refractivity contribution in [3.8, 4) is 11.4 Å². The molecule has 4 aliphatic rings. The van der Waals surface area contributed by atoms with Gasteiger partial charge in [0.15, 0.2) is 5.82 Å². The average molecular weight is 558 g/mol. The first-order valence-corrected chi connectivity index (χ1v) is 14.0. The Hall–Kier alpha value is -4.29. The molecule has 0 saturated carbocycles. The number of nitrogens with zero attached hydrogens (tertiary/aromatic N) is 5. The maximum absolute atomic E-state index is 12.7. The lowest BCUT2D eigenvalue weighted by Crippen LogP contribution is -2.48. The second-order valence-electron chi connectivity index (χ2n) is 10.8. The van der Waals surface area contributed by atoms with Crippen molar-refractivity contribution < 1.29 is 23.8 Å². The Bertz CT molecular complexity index is 1470. The molecule has 2 bridgehead atoms. The van der Waals surface area contributed by atoms with E-state index >= 15 is 0 Å². The first-order chi connectivity index (χ1) is 20.0. The van der Waals surface area contributed by atoms with Crippen LogP contribution in [0.15, 0.2) is 42.5 Å². The Kier molecular flexibility index (Phi) is 6.63. The molecule has 12 nitrogen and oxygen atoms in total. The van der Waals surface area contributed by atoms with Crippen LogP contribution >= 0.6 is 0 Å². The van der Waals surface area contributed by atoms with Crippen LogP contribution in [0, 0.1) is 0 Å². The van der Waals surface area contributed by atoms with E-state index in [-0.39, 0.29) is 30.7 Å². The number of hydrogen-bond donors (Lipinski definition) is 2. The Morgan fingerprint density at radius 1 is 0.902 bits per heavy atom. The Morgan fingerprint density at radius 2 is 1.63 bits per heavy atom. The van der Waals surface area contributed by atoms with Gasteiger partial charge < -0.3 is 34.6 Å². The molecule has 12 heteroatoms. The summed E-state index contributed by atoms with van der Waals surface area (Å²) in [5.41, 5.74) is 3.31. The zero-order valence-corrected chi connectivity index (χ0v) is 22.7. The van der Waals surface area contributed by atoms with Gasteiger partial charge >= 0.3 is 12.0 Å². The molecule has 1 aromatic heterocycles. The highest BCUT2D eigenvalue weighted by Gasteiger charge is 2.39. The lowest BCUT2D eigenvalue weighted by Gasteiger charge is -2.36. The molecule has 0 aliphatic carbocycles. The second-order valence-corrected chi connectivity index (χ2v) is 10.8. The zero-order chi connectivity index (χ0) is 27.9. The standard InChI is InChI=1S/C29H31N7O5/c1-17-13-39-11-10-35(17)27-32-25(33-28(34-27)36-22-7-8-23(36)16-40-15-22)18-2-4-20(5-3-18)30-29(38)31-21-6-9-24-19(12-21)14-41-26(24)37/h2-6,9,12,17,22-23H,7-8,10-11,13-16H2,1H3,(H2,30,31,38)/t17-,22?,23?/m0/s1. The fourth-order valence-corrected chi connectivity index (χ4v) is 5.91. The van der Waals surface area contributed by atoms with E-state index in [1.165, 1.54) is 0 Å². The quantitative estimate of drug-likeness (QED) is 0.450. The summed E-state index contributed by atoms with van der Waals surface area (Å²) in [5.74, 6) is 1.57. The smallest absolute Gasteiger partial charge is 0.338 e. The van der Waals surface area contributed by atoms with Crippen LogP contribution in [0.1, 0.15) is 35.7 Å². The Labute approximate surface area is 237 Å². The van der Waals surface area contributed by atoms with Crippen molar-refractivity contribution in [1.29, 1.82) is 0 Å². The molecule has 3 fully saturated rings. The fourth-order valence-electron chi connectivity index (χ4n) is 5.91. The molecule has 2 amide bonds. The van der Waals surface area contributed by atoms with E-state index in [0.29, 0.717) is 67.6 Å². The molecule has 212 valence electrons. The van der Waals surface area contributed by atoms with E-state index in [4.69, 9.17) is 29.2 Å². The zero-order valence-electron chi connectivity index (χ0n) is 22.7. The monoisotopic (exact) mass is 557 g/mol. The van der Waals surface area contributed by atoms with Crippen molar-refractivity contribution in [3.63, 3.8) is 0 Å². The highest BCUT2D eigenvalue weighted by molar-refractivity contribution is 6.01. The van der Waals surface area contributed by atoms with Crippen LogP contribution in [0.3, 0.4) is 0 Å². The molecule has 0 spiro atoms. The molecular weight excluding hydrogens is 526 g/mol. The summed E-state index contributed by atoms with van der Waals surface area (Å²) in [6.45, 7) is 5.65. The lowest BCUT2D eigenvalue weighted by molar-refractivity contribution is 0.0535. The number of urea groups is 1. The minimum absolute atomic E-state index is 0.150. The van der Waals surface area contributed by atoms with Crippen LogP contribution in [0.25, 0.3) is 11.4 Å². The number of benzene rings is 2. The van der Waals surface area contributed by atoms with Gasteiger partial charge in [0.2, 0.25) is 11.9 Å². The Balaban J connectivity index is 1.11. The van der Waals surface area contributed by atoms with E-state index in [1.807, 2.05) is 24.3 Å². The number of carbonyl (C=O) groups excluding carboxylic acids is 2. The molecule has 4 aliphatic heterocycles. The van der Waals surface area contributed by atoms with Crippen molar-refractivity contribution in [2.24, 2.45) is 0 Å². The number of nitrogens with one attached hydrogen (secondary N) is 2. The minimum atomic E-state index is -0.392. The number of amides is 2. The summed E-state index contributed by atoms with van der Waals surface area (Å²) >= 11 is 0. The van der Waals surface area contributed by atoms with Crippen LogP contribution in [0.5, 0.6) is 0 Å². The van der Waals surface area contributed by atoms with Gasteiger partial charge in [-0.15, -0.1) is 0 Å². The number of morpholine rings is 2. The first kappa shape index (κ1) is 25.7. The van der Waals surface area contributed by atoms with E-state index in [1.54, 1.807) is 18.2 Å². The van der Waals surface area contributed by atoms with E-state index in [0.717, 1.165) is 24.0 Å². The summed E-state index contributed by atoms with van der Waals surface area (Å²) < 4.78 is 16.5. The highest BCUT2D eigenvalue weighted by Crippen LogP contribution is 2.34. The molecule has 2 N–H and O–H groups in total. The predicted molar refractivity (Wildman–Crippen MR) is 151 cm³/mol. The molecule has 0 radical (unpaired) electrons. The van der Waals surface area contributed by atoms with Gasteiger partial charge in [-0.25, -0.2) is 9.59 Å². The molecule has 41 heavy (non-hydrogen) atoms. The molecule has 7 rings (SSSR count). The number of ether oxygens (including phenoxy) is 3. The van der Waals surface area contributed by atoms with Crippen LogP contribution in [0.2, 0.25) is 0 Å². The van der Waals surface area contributed by atoms with E-state index in [9.17, 15) is 9.59 Å². The molecule has 2 unspecified atom stereocenters.